The van der Waals surface area contributed by atoms with Crippen LogP contribution < -0.4 is 10.1 Å². The first-order valence-electron chi connectivity index (χ1n) is 6.75. The van der Waals surface area contributed by atoms with E-state index < -0.39 is 24.0 Å². The quantitative estimate of drug-likeness (QED) is 0.811. The van der Waals surface area contributed by atoms with Crippen molar-refractivity contribution >= 4 is 23.5 Å². The van der Waals surface area contributed by atoms with E-state index in [0.29, 0.717) is 17.2 Å². The second kappa shape index (κ2) is 7.88. The van der Waals surface area contributed by atoms with Crippen LogP contribution in [0, 0.1) is 5.92 Å². The van der Waals surface area contributed by atoms with Gasteiger partial charge in [-0.25, -0.2) is 4.79 Å². The van der Waals surface area contributed by atoms with Crippen molar-refractivity contribution in [3.05, 3.63) is 29.3 Å². The summed E-state index contributed by atoms with van der Waals surface area (Å²) in [5.41, 5.74) is 0. The predicted molar refractivity (Wildman–Crippen MR) is 80.6 cm³/mol. The maximum Gasteiger partial charge on any atom is 0.326 e. The monoisotopic (exact) mass is 313 g/mol. The number of amides is 1. The van der Waals surface area contributed by atoms with Crippen LogP contribution in [0.1, 0.15) is 27.2 Å². The van der Waals surface area contributed by atoms with Crippen molar-refractivity contribution in [3.63, 3.8) is 0 Å². The fraction of sp³-hybridized carbons (Fsp3) is 0.467. The van der Waals surface area contributed by atoms with Crippen LogP contribution in [0.15, 0.2) is 24.3 Å². The third kappa shape index (κ3) is 5.63. The lowest BCUT2D eigenvalue weighted by Gasteiger charge is -2.20. The number of rotatable bonds is 7. The van der Waals surface area contributed by atoms with Gasteiger partial charge < -0.3 is 15.2 Å². The van der Waals surface area contributed by atoms with Gasteiger partial charge >= 0.3 is 5.97 Å². The van der Waals surface area contributed by atoms with Crippen molar-refractivity contribution < 1.29 is 19.4 Å². The summed E-state index contributed by atoms with van der Waals surface area (Å²) < 4.78 is 5.46. The molecule has 1 aromatic rings. The Morgan fingerprint density at radius 3 is 2.43 bits per heavy atom. The van der Waals surface area contributed by atoms with E-state index in [1.807, 2.05) is 13.8 Å². The molecule has 2 atom stereocenters. The molecule has 2 N–H and O–H groups in total. The summed E-state index contributed by atoms with van der Waals surface area (Å²) in [4.78, 5) is 23.1. The van der Waals surface area contributed by atoms with Crippen LogP contribution in [0.2, 0.25) is 5.02 Å². The Labute approximate surface area is 129 Å². The Kier molecular flexibility index (Phi) is 6.49. The lowest BCUT2D eigenvalue weighted by Crippen LogP contribution is -2.46. The highest BCUT2D eigenvalue weighted by molar-refractivity contribution is 6.32. The fourth-order valence-electron chi connectivity index (χ4n) is 1.77. The summed E-state index contributed by atoms with van der Waals surface area (Å²) in [5.74, 6) is -0.992. The highest BCUT2D eigenvalue weighted by Gasteiger charge is 2.24. The molecule has 0 saturated heterocycles. The van der Waals surface area contributed by atoms with E-state index in [2.05, 4.69) is 5.32 Å². The highest BCUT2D eigenvalue weighted by Crippen LogP contribution is 2.24. The van der Waals surface area contributed by atoms with Gasteiger partial charge in [0.05, 0.1) is 5.02 Å². The van der Waals surface area contributed by atoms with Crippen LogP contribution in [-0.4, -0.2) is 29.1 Å². The number of carbonyl (C=O) groups is 2. The number of para-hydroxylation sites is 1. The number of carboxylic acids is 1. The zero-order valence-electron chi connectivity index (χ0n) is 12.3. The molecule has 0 spiro atoms. The molecule has 0 aliphatic heterocycles. The predicted octanol–water partition coefficient (Wildman–Crippen LogP) is 2.72. The molecule has 0 radical (unpaired) electrons. The summed E-state index contributed by atoms with van der Waals surface area (Å²) in [5, 5.41) is 12.0. The molecule has 0 aliphatic carbocycles. The smallest absolute Gasteiger partial charge is 0.326 e. The Bertz CT molecular complexity index is 504. The van der Waals surface area contributed by atoms with Gasteiger partial charge in [-0.1, -0.05) is 37.6 Å². The number of aliphatic carboxylic acids is 1. The molecule has 116 valence electrons. The van der Waals surface area contributed by atoms with Crippen LogP contribution in [0.3, 0.4) is 0 Å². The average Bonchev–Trinajstić information content (AvgIpc) is 2.39. The second-order valence-electron chi connectivity index (χ2n) is 5.22. The lowest BCUT2D eigenvalue weighted by molar-refractivity contribution is -0.143. The summed E-state index contributed by atoms with van der Waals surface area (Å²) in [7, 11) is 0. The normalized spacial score (nSPS) is 13.6. The van der Waals surface area contributed by atoms with Gasteiger partial charge in [-0.05, 0) is 31.4 Å². The van der Waals surface area contributed by atoms with E-state index in [1.165, 1.54) is 0 Å². The zero-order chi connectivity index (χ0) is 16.0. The number of nitrogens with one attached hydrogen (secondary N) is 1. The van der Waals surface area contributed by atoms with Crippen molar-refractivity contribution in [1.82, 2.24) is 5.32 Å². The molecule has 1 aromatic carbocycles. The molecule has 0 aliphatic rings. The molecule has 6 heteroatoms. The molecule has 0 fully saturated rings. The van der Waals surface area contributed by atoms with Gasteiger partial charge in [0, 0.05) is 0 Å². The van der Waals surface area contributed by atoms with Crippen LogP contribution in [0.4, 0.5) is 0 Å². The lowest BCUT2D eigenvalue weighted by atomic mass is 10.0. The Balaban J connectivity index is 2.65. The van der Waals surface area contributed by atoms with Crippen LogP contribution in [-0.2, 0) is 9.59 Å². The van der Waals surface area contributed by atoms with Gasteiger partial charge in [-0.15, -0.1) is 0 Å². The van der Waals surface area contributed by atoms with E-state index in [4.69, 9.17) is 21.4 Å². The van der Waals surface area contributed by atoms with E-state index in [9.17, 15) is 9.59 Å². The number of halogens is 1. The third-order valence-electron chi connectivity index (χ3n) is 2.83. The van der Waals surface area contributed by atoms with Gasteiger partial charge in [0.25, 0.3) is 5.91 Å². The first-order chi connectivity index (χ1) is 9.81. The maximum absolute atomic E-state index is 12.0. The van der Waals surface area contributed by atoms with Crippen molar-refractivity contribution in [1.29, 1.82) is 0 Å². The largest absolute Gasteiger partial charge is 0.480 e. The number of carboxylic acid groups (broad SMARTS) is 1. The first-order valence-corrected chi connectivity index (χ1v) is 7.13. The average molecular weight is 314 g/mol. The summed E-state index contributed by atoms with van der Waals surface area (Å²) in [6, 6.07) is 5.87. The Hall–Kier alpha value is -1.75. The molecule has 21 heavy (non-hydrogen) atoms. The van der Waals surface area contributed by atoms with Gasteiger partial charge in [-0.2, -0.15) is 0 Å². The van der Waals surface area contributed by atoms with Crippen molar-refractivity contribution in [2.45, 2.75) is 39.3 Å². The number of carbonyl (C=O) groups excluding carboxylic acids is 1. The van der Waals surface area contributed by atoms with Crippen LogP contribution in [0.5, 0.6) is 5.75 Å². The minimum atomic E-state index is -1.05. The summed E-state index contributed by atoms with van der Waals surface area (Å²) in [6.07, 6.45) is -0.473. The minimum Gasteiger partial charge on any atom is -0.480 e. The molecular formula is C15H20ClNO4. The van der Waals surface area contributed by atoms with Crippen molar-refractivity contribution in [3.8, 4) is 5.75 Å². The van der Waals surface area contributed by atoms with E-state index >= 15 is 0 Å². The second-order valence-corrected chi connectivity index (χ2v) is 5.63. The van der Waals surface area contributed by atoms with Crippen LogP contribution >= 0.6 is 11.6 Å². The summed E-state index contributed by atoms with van der Waals surface area (Å²) in [6.45, 7) is 5.34. The van der Waals surface area contributed by atoms with Gasteiger partial charge in [-0.3, -0.25) is 4.79 Å². The minimum absolute atomic E-state index is 0.159. The van der Waals surface area contributed by atoms with Crippen molar-refractivity contribution in [2.24, 2.45) is 5.92 Å². The number of hydrogen-bond donors (Lipinski definition) is 2. The highest BCUT2D eigenvalue weighted by atomic mass is 35.5. The fourth-order valence-corrected chi connectivity index (χ4v) is 1.95. The molecule has 1 amide bonds. The topological polar surface area (TPSA) is 75.6 Å². The summed E-state index contributed by atoms with van der Waals surface area (Å²) >= 11 is 5.95. The standard InChI is InChI=1S/C15H20ClNO4/c1-9(2)8-12(15(19)20)17-14(18)10(3)21-13-7-5-4-6-11(13)16/h4-7,9-10,12H,8H2,1-3H3,(H,17,18)(H,19,20)/t10?,12-/m0/s1. The maximum atomic E-state index is 12.0. The molecule has 0 bridgehead atoms. The SMILES string of the molecule is CC(C)C[C@H](NC(=O)C(C)Oc1ccccc1Cl)C(=O)O. The van der Waals surface area contributed by atoms with Crippen molar-refractivity contribution in [2.75, 3.05) is 0 Å². The van der Waals surface area contributed by atoms with Gasteiger partial charge in [0.2, 0.25) is 0 Å². The Morgan fingerprint density at radius 1 is 1.29 bits per heavy atom. The van der Waals surface area contributed by atoms with E-state index in [0.717, 1.165) is 0 Å². The molecule has 5 nitrogen and oxygen atoms in total. The molecule has 1 rings (SSSR count). The molecule has 0 heterocycles. The van der Waals surface area contributed by atoms with E-state index in [1.54, 1.807) is 31.2 Å². The molecule has 0 saturated carbocycles. The van der Waals surface area contributed by atoms with Crippen LogP contribution in [0.25, 0.3) is 0 Å². The number of benzene rings is 1. The van der Waals surface area contributed by atoms with Gasteiger partial charge in [0.1, 0.15) is 11.8 Å². The molecule has 0 aromatic heterocycles. The zero-order valence-corrected chi connectivity index (χ0v) is 13.1. The van der Waals surface area contributed by atoms with E-state index in [-0.39, 0.29) is 5.92 Å². The molecule has 1 unspecified atom stereocenters. The van der Waals surface area contributed by atoms with Gasteiger partial charge in [0.15, 0.2) is 6.10 Å². The Morgan fingerprint density at radius 2 is 1.90 bits per heavy atom. The third-order valence-corrected chi connectivity index (χ3v) is 3.14. The number of hydrogen-bond acceptors (Lipinski definition) is 3. The number of ether oxygens (including phenoxy) is 1. The molecular weight excluding hydrogens is 294 g/mol. The first kappa shape index (κ1) is 17.3.